The molecule has 2 N–H and O–H groups in total. The van der Waals surface area contributed by atoms with Gasteiger partial charge in [-0.2, -0.15) is 0 Å². The van der Waals surface area contributed by atoms with Crippen LogP contribution >= 0.6 is 0 Å². The lowest BCUT2D eigenvalue weighted by Gasteiger charge is -2.05. The van der Waals surface area contributed by atoms with Gasteiger partial charge in [0.05, 0.1) is 0 Å². The Labute approximate surface area is 71.2 Å². The number of ether oxygens (including phenoxy) is 1. The summed E-state index contributed by atoms with van der Waals surface area (Å²) in [7, 11) is 0. The van der Waals surface area contributed by atoms with Gasteiger partial charge in [0.25, 0.3) is 0 Å². The van der Waals surface area contributed by atoms with Gasteiger partial charge in [-0.05, 0) is 18.1 Å². The molecule has 3 heteroatoms. The van der Waals surface area contributed by atoms with Gasteiger partial charge in [-0.3, -0.25) is 0 Å². The van der Waals surface area contributed by atoms with E-state index in [0.717, 1.165) is 12.0 Å². The molecule has 1 rings (SSSR count). The summed E-state index contributed by atoms with van der Waals surface area (Å²) in [5, 5.41) is 17.8. The van der Waals surface area contributed by atoms with Crippen molar-refractivity contribution in [2.45, 2.75) is 13.3 Å². The molecule has 0 aliphatic heterocycles. The van der Waals surface area contributed by atoms with Crippen LogP contribution < -0.4 is 4.74 Å². The number of hydrogen-bond donors (Lipinski definition) is 2. The van der Waals surface area contributed by atoms with Crippen LogP contribution in [0, 0.1) is 0 Å². The fourth-order valence-corrected chi connectivity index (χ4v) is 1.01. The number of phenols is 1. The predicted molar refractivity (Wildman–Crippen MR) is 45.2 cm³/mol. The Balaban J connectivity index is 2.86. The summed E-state index contributed by atoms with van der Waals surface area (Å²) in [5.74, 6) is 0.690. The predicted octanol–water partition coefficient (Wildman–Crippen LogP) is 1.28. The topological polar surface area (TPSA) is 49.7 Å². The van der Waals surface area contributed by atoms with Gasteiger partial charge < -0.3 is 14.9 Å². The number of benzene rings is 1. The van der Waals surface area contributed by atoms with Gasteiger partial charge in [0.15, 0.2) is 6.79 Å². The third kappa shape index (κ3) is 1.89. The highest BCUT2D eigenvalue weighted by Crippen LogP contribution is 2.23. The highest BCUT2D eigenvalue weighted by molar-refractivity contribution is 5.39. The smallest absolute Gasteiger partial charge is 0.186 e. The van der Waals surface area contributed by atoms with Gasteiger partial charge in [0.1, 0.15) is 11.5 Å². The molecule has 0 fully saturated rings. The molecule has 0 bridgehead atoms. The van der Waals surface area contributed by atoms with Gasteiger partial charge in [-0.1, -0.05) is 13.0 Å². The number of aliphatic hydroxyl groups excluding tert-OH is 1. The van der Waals surface area contributed by atoms with E-state index < -0.39 is 0 Å². The first-order chi connectivity index (χ1) is 5.77. The Bertz CT molecular complexity index is 258. The van der Waals surface area contributed by atoms with Gasteiger partial charge in [0, 0.05) is 6.07 Å². The van der Waals surface area contributed by atoms with Crippen molar-refractivity contribution in [1.29, 1.82) is 0 Å². The molecule has 0 aliphatic carbocycles. The number of phenolic OH excluding ortho intramolecular Hbond substituents is 1. The Hall–Kier alpha value is -1.22. The van der Waals surface area contributed by atoms with E-state index in [9.17, 15) is 5.11 Å². The first-order valence-corrected chi connectivity index (χ1v) is 3.83. The van der Waals surface area contributed by atoms with E-state index in [1.807, 2.05) is 6.92 Å². The van der Waals surface area contributed by atoms with E-state index in [2.05, 4.69) is 0 Å². The van der Waals surface area contributed by atoms with Gasteiger partial charge >= 0.3 is 0 Å². The zero-order valence-electron chi connectivity index (χ0n) is 6.95. The van der Waals surface area contributed by atoms with E-state index in [0.29, 0.717) is 5.75 Å². The van der Waals surface area contributed by atoms with Crippen molar-refractivity contribution in [2.75, 3.05) is 6.79 Å². The summed E-state index contributed by atoms with van der Waals surface area (Å²) < 4.78 is 4.78. The summed E-state index contributed by atoms with van der Waals surface area (Å²) >= 11 is 0. The van der Waals surface area contributed by atoms with E-state index in [4.69, 9.17) is 9.84 Å². The lowest BCUT2D eigenvalue weighted by Crippen LogP contribution is -1.94. The van der Waals surface area contributed by atoms with Crippen LogP contribution in [0.2, 0.25) is 0 Å². The standard InChI is InChI=1S/C9H12O3/c1-2-7-3-4-8(12-6-10)5-9(7)11/h3-5,10-11H,2,6H2,1H3. The zero-order chi connectivity index (χ0) is 8.97. The summed E-state index contributed by atoms with van der Waals surface area (Å²) in [6.07, 6.45) is 0.783. The molecule has 0 aliphatic rings. The summed E-state index contributed by atoms with van der Waals surface area (Å²) in [6, 6.07) is 4.99. The van der Waals surface area contributed by atoms with Crippen LogP contribution in [-0.4, -0.2) is 17.0 Å². The van der Waals surface area contributed by atoms with Crippen molar-refractivity contribution < 1.29 is 14.9 Å². The maximum Gasteiger partial charge on any atom is 0.186 e. The highest BCUT2D eigenvalue weighted by Gasteiger charge is 2.00. The molecule has 0 spiro atoms. The van der Waals surface area contributed by atoms with Crippen LogP contribution in [0.5, 0.6) is 11.5 Å². The summed E-state index contributed by atoms with van der Waals surface area (Å²) in [5.41, 5.74) is 0.875. The molecule has 0 radical (unpaired) electrons. The van der Waals surface area contributed by atoms with E-state index >= 15 is 0 Å². The number of hydrogen-bond acceptors (Lipinski definition) is 3. The Kier molecular flexibility index (Phi) is 2.94. The monoisotopic (exact) mass is 168 g/mol. The molecular weight excluding hydrogens is 156 g/mol. The summed E-state index contributed by atoms with van der Waals surface area (Å²) in [6.45, 7) is 1.59. The Morgan fingerprint density at radius 3 is 2.67 bits per heavy atom. The molecule has 0 heterocycles. The first kappa shape index (κ1) is 8.87. The molecule has 1 aromatic rings. The molecule has 3 nitrogen and oxygen atoms in total. The molecule has 0 aromatic heterocycles. The van der Waals surface area contributed by atoms with Crippen molar-refractivity contribution >= 4 is 0 Å². The molecule has 0 atom stereocenters. The third-order valence-corrected chi connectivity index (χ3v) is 1.67. The summed E-state index contributed by atoms with van der Waals surface area (Å²) in [4.78, 5) is 0. The minimum absolute atomic E-state index is 0.212. The minimum atomic E-state index is -0.370. The molecule has 66 valence electrons. The van der Waals surface area contributed by atoms with Crippen molar-refractivity contribution in [3.8, 4) is 11.5 Å². The zero-order valence-corrected chi connectivity index (χ0v) is 6.95. The number of aryl methyl sites for hydroxylation is 1. The first-order valence-electron chi connectivity index (χ1n) is 3.83. The van der Waals surface area contributed by atoms with Crippen molar-refractivity contribution in [3.63, 3.8) is 0 Å². The lowest BCUT2D eigenvalue weighted by atomic mass is 10.1. The average molecular weight is 168 g/mol. The number of rotatable bonds is 3. The van der Waals surface area contributed by atoms with Crippen LogP contribution in [0.3, 0.4) is 0 Å². The second kappa shape index (κ2) is 3.97. The number of aromatic hydroxyl groups is 1. The van der Waals surface area contributed by atoms with Gasteiger partial charge in [0.2, 0.25) is 0 Å². The highest BCUT2D eigenvalue weighted by atomic mass is 16.6. The SMILES string of the molecule is CCc1ccc(OCO)cc1O. The molecule has 12 heavy (non-hydrogen) atoms. The normalized spacial score (nSPS) is 9.83. The van der Waals surface area contributed by atoms with Gasteiger partial charge in [-0.25, -0.2) is 0 Å². The molecule has 1 aromatic carbocycles. The minimum Gasteiger partial charge on any atom is -0.508 e. The number of aliphatic hydroxyl groups is 1. The lowest BCUT2D eigenvalue weighted by molar-refractivity contribution is 0.0983. The fraction of sp³-hybridized carbons (Fsp3) is 0.333. The van der Waals surface area contributed by atoms with E-state index in [-0.39, 0.29) is 12.5 Å². The average Bonchev–Trinajstić information content (AvgIpc) is 2.05. The van der Waals surface area contributed by atoms with E-state index in [1.165, 1.54) is 6.07 Å². The van der Waals surface area contributed by atoms with Crippen LogP contribution in [0.15, 0.2) is 18.2 Å². The van der Waals surface area contributed by atoms with E-state index in [1.54, 1.807) is 12.1 Å². The van der Waals surface area contributed by atoms with Crippen LogP contribution in [0.4, 0.5) is 0 Å². The maximum absolute atomic E-state index is 9.36. The second-order valence-electron chi connectivity index (χ2n) is 2.42. The maximum atomic E-state index is 9.36. The quantitative estimate of drug-likeness (QED) is 0.668. The van der Waals surface area contributed by atoms with Crippen LogP contribution in [0.25, 0.3) is 0 Å². The Morgan fingerprint density at radius 2 is 2.17 bits per heavy atom. The molecule has 0 saturated carbocycles. The van der Waals surface area contributed by atoms with Crippen molar-refractivity contribution in [1.82, 2.24) is 0 Å². The van der Waals surface area contributed by atoms with Crippen LogP contribution in [0.1, 0.15) is 12.5 Å². The van der Waals surface area contributed by atoms with Crippen LogP contribution in [-0.2, 0) is 6.42 Å². The second-order valence-corrected chi connectivity index (χ2v) is 2.42. The third-order valence-electron chi connectivity index (χ3n) is 1.67. The molecular formula is C9H12O3. The van der Waals surface area contributed by atoms with Crippen molar-refractivity contribution in [2.24, 2.45) is 0 Å². The largest absolute Gasteiger partial charge is 0.508 e. The van der Waals surface area contributed by atoms with Crippen molar-refractivity contribution in [3.05, 3.63) is 23.8 Å². The van der Waals surface area contributed by atoms with Gasteiger partial charge in [-0.15, -0.1) is 0 Å². The Morgan fingerprint density at radius 1 is 1.42 bits per heavy atom. The molecule has 0 saturated heterocycles. The molecule has 0 unspecified atom stereocenters. The fourth-order valence-electron chi connectivity index (χ4n) is 1.01. The molecule has 0 amide bonds.